The van der Waals surface area contributed by atoms with Crippen molar-refractivity contribution in [2.45, 2.75) is 50.7 Å². The lowest BCUT2D eigenvalue weighted by atomic mass is 9.80. The van der Waals surface area contributed by atoms with Gasteiger partial charge in [-0.15, -0.1) is 12.4 Å². The van der Waals surface area contributed by atoms with Gasteiger partial charge in [0.2, 0.25) is 0 Å². The Hall–Kier alpha value is -0.970. The number of hydrogen-bond donors (Lipinski definition) is 3. The molecule has 118 valence electrons. The summed E-state index contributed by atoms with van der Waals surface area (Å²) in [6.07, 6.45) is 6.84. The number of phenolic OH excluding ortho intramolecular Hbond substituents is 2. The van der Waals surface area contributed by atoms with E-state index in [1.165, 1.54) is 38.2 Å². The van der Waals surface area contributed by atoms with E-state index >= 15 is 0 Å². The molecule has 0 radical (unpaired) electrons. The van der Waals surface area contributed by atoms with Crippen LogP contribution in [0.25, 0.3) is 0 Å². The largest absolute Gasteiger partial charge is 0.504 e. The lowest BCUT2D eigenvalue weighted by Gasteiger charge is -2.38. The number of rotatable bonds is 2. The summed E-state index contributed by atoms with van der Waals surface area (Å²) in [5.74, 6) is 0.501. The molecule has 0 bridgehead atoms. The quantitative estimate of drug-likeness (QED) is 0.734. The van der Waals surface area contributed by atoms with Gasteiger partial charge in [-0.1, -0.05) is 25.3 Å². The second-order valence-electron chi connectivity index (χ2n) is 6.00. The van der Waals surface area contributed by atoms with Crippen molar-refractivity contribution in [1.29, 1.82) is 0 Å². The number of aromatic hydroxyl groups is 2. The van der Waals surface area contributed by atoms with Crippen molar-refractivity contribution in [1.82, 2.24) is 0 Å². The summed E-state index contributed by atoms with van der Waals surface area (Å²) in [6.45, 7) is 0.403. The molecule has 2 aliphatic rings. The van der Waals surface area contributed by atoms with Crippen LogP contribution in [0.3, 0.4) is 0 Å². The van der Waals surface area contributed by atoms with E-state index in [9.17, 15) is 10.2 Å². The first kappa shape index (κ1) is 16.4. The van der Waals surface area contributed by atoms with E-state index in [-0.39, 0.29) is 36.1 Å². The summed E-state index contributed by atoms with van der Waals surface area (Å²) in [6, 6.07) is 3.33. The molecule has 0 amide bonds. The normalized spacial score (nSPS) is 26.0. The van der Waals surface area contributed by atoms with E-state index in [1.54, 1.807) is 0 Å². The van der Waals surface area contributed by atoms with Gasteiger partial charge in [-0.2, -0.15) is 0 Å². The third-order valence-corrected chi connectivity index (χ3v) is 4.78. The maximum Gasteiger partial charge on any atom is 0.161 e. The van der Waals surface area contributed by atoms with E-state index < -0.39 is 0 Å². The number of nitrogens with two attached hydrogens (primary N) is 1. The van der Waals surface area contributed by atoms with Crippen molar-refractivity contribution < 1.29 is 14.9 Å². The Labute approximate surface area is 131 Å². The highest BCUT2D eigenvalue weighted by atomic mass is 35.5. The lowest BCUT2D eigenvalue weighted by molar-refractivity contribution is -0.0595. The SMILES string of the molecule is Cl.NCC1OC(C2CCCCC2)Cc2c1ccc(O)c2O. The number of hydrogen-bond acceptors (Lipinski definition) is 4. The van der Waals surface area contributed by atoms with Crippen molar-refractivity contribution in [2.24, 2.45) is 11.7 Å². The highest BCUT2D eigenvalue weighted by Gasteiger charge is 2.34. The van der Waals surface area contributed by atoms with Crippen LogP contribution in [-0.4, -0.2) is 22.9 Å². The number of fused-ring (bicyclic) bond motifs is 1. The molecule has 21 heavy (non-hydrogen) atoms. The number of phenols is 2. The van der Waals surface area contributed by atoms with Gasteiger partial charge >= 0.3 is 0 Å². The molecule has 4 N–H and O–H groups in total. The monoisotopic (exact) mass is 313 g/mol. The molecule has 4 nitrogen and oxygen atoms in total. The topological polar surface area (TPSA) is 75.7 Å². The Morgan fingerprint density at radius 3 is 2.52 bits per heavy atom. The first-order chi connectivity index (χ1) is 9.70. The standard InChI is InChI=1S/C16H23NO3.ClH/c17-9-15-11-6-7-13(18)16(19)12(11)8-14(20-15)10-4-2-1-3-5-10;/h6-7,10,14-15,18-19H,1-5,8-9,17H2;1H. The van der Waals surface area contributed by atoms with Crippen LogP contribution < -0.4 is 5.73 Å². The fourth-order valence-corrected chi connectivity index (χ4v) is 3.66. The van der Waals surface area contributed by atoms with Crippen molar-refractivity contribution in [3.63, 3.8) is 0 Å². The van der Waals surface area contributed by atoms with Crippen LogP contribution in [0, 0.1) is 5.92 Å². The Bertz CT molecular complexity index is 489. The summed E-state index contributed by atoms with van der Waals surface area (Å²) in [5, 5.41) is 19.8. The van der Waals surface area contributed by atoms with Crippen LogP contribution in [-0.2, 0) is 11.2 Å². The van der Waals surface area contributed by atoms with Gasteiger partial charge in [0.1, 0.15) is 0 Å². The van der Waals surface area contributed by atoms with Gasteiger partial charge < -0.3 is 20.7 Å². The van der Waals surface area contributed by atoms with Gasteiger partial charge in [0.25, 0.3) is 0 Å². The fraction of sp³-hybridized carbons (Fsp3) is 0.625. The Morgan fingerprint density at radius 2 is 1.86 bits per heavy atom. The Morgan fingerprint density at radius 1 is 1.14 bits per heavy atom. The maximum absolute atomic E-state index is 10.1. The Kier molecular flexibility index (Phi) is 5.36. The third-order valence-electron chi connectivity index (χ3n) is 4.78. The van der Waals surface area contributed by atoms with Crippen LogP contribution in [0.4, 0.5) is 0 Å². The first-order valence-corrected chi connectivity index (χ1v) is 7.60. The minimum atomic E-state index is -0.169. The smallest absolute Gasteiger partial charge is 0.161 e. The minimum absolute atomic E-state index is 0. The molecule has 1 aromatic carbocycles. The predicted molar refractivity (Wildman–Crippen MR) is 84.0 cm³/mol. The number of halogens is 1. The van der Waals surface area contributed by atoms with E-state index in [1.807, 2.05) is 6.07 Å². The average Bonchev–Trinajstić information content (AvgIpc) is 2.51. The molecule has 1 aromatic rings. The molecule has 0 spiro atoms. The maximum atomic E-state index is 10.1. The molecule has 1 saturated carbocycles. The molecule has 1 aliphatic carbocycles. The molecule has 1 heterocycles. The van der Waals surface area contributed by atoms with Gasteiger partial charge in [0.05, 0.1) is 12.2 Å². The zero-order valence-electron chi connectivity index (χ0n) is 12.1. The van der Waals surface area contributed by atoms with Crippen LogP contribution in [0.1, 0.15) is 49.3 Å². The summed E-state index contributed by atoms with van der Waals surface area (Å²) in [5.41, 5.74) is 7.58. The molecule has 5 heteroatoms. The van der Waals surface area contributed by atoms with E-state index in [2.05, 4.69) is 0 Å². The van der Waals surface area contributed by atoms with E-state index in [0.717, 1.165) is 11.1 Å². The zero-order valence-corrected chi connectivity index (χ0v) is 12.9. The zero-order chi connectivity index (χ0) is 14.1. The molecule has 0 aromatic heterocycles. The summed E-state index contributed by atoms with van der Waals surface area (Å²) in [7, 11) is 0. The fourth-order valence-electron chi connectivity index (χ4n) is 3.66. The van der Waals surface area contributed by atoms with Gasteiger partial charge in [-0.05, 0) is 30.4 Å². The summed E-state index contributed by atoms with van der Waals surface area (Å²) >= 11 is 0. The Balaban J connectivity index is 0.00000161. The van der Waals surface area contributed by atoms with Gasteiger partial charge in [0.15, 0.2) is 11.5 Å². The van der Waals surface area contributed by atoms with Gasteiger partial charge in [-0.25, -0.2) is 0 Å². The molecule has 3 rings (SSSR count). The molecular weight excluding hydrogens is 290 g/mol. The molecule has 1 aliphatic heterocycles. The molecule has 2 atom stereocenters. The van der Waals surface area contributed by atoms with Crippen LogP contribution >= 0.6 is 12.4 Å². The molecule has 2 unspecified atom stereocenters. The van der Waals surface area contributed by atoms with Crippen molar-refractivity contribution in [2.75, 3.05) is 6.54 Å². The molecular formula is C16H24ClNO3. The van der Waals surface area contributed by atoms with E-state index in [0.29, 0.717) is 18.9 Å². The predicted octanol–water partition coefficient (Wildman–Crippen LogP) is 3.04. The van der Waals surface area contributed by atoms with Crippen LogP contribution in [0.2, 0.25) is 0 Å². The summed E-state index contributed by atoms with van der Waals surface area (Å²) in [4.78, 5) is 0. The van der Waals surface area contributed by atoms with Crippen molar-refractivity contribution in [3.8, 4) is 11.5 Å². The summed E-state index contributed by atoms with van der Waals surface area (Å²) < 4.78 is 6.18. The second kappa shape index (κ2) is 6.86. The van der Waals surface area contributed by atoms with Crippen molar-refractivity contribution in [3.05, 3.63) is 23.3 Å². The highest BCUT2D eigenvalue weighted by Crippen LogP contribution is 2.43. The molecule has 1 fully saturated rings. The van der Waals surface area contributed by atoms with E-state index in [4.69, 9.17) is 10.5 Å². The first-order valence-electron chi connectivity index (χ1n) is 7.60. The van der Waals surface area contributed by atoms with Crippen molar-refractivity contribution >= 4 is 12.4 Å². The highest BCUT2D eigenvalue weighted by molar-refractivity contribution is 5.85. The second-order valence-corrected chi connectivity index (χ2v) is 6.00. The minimum Gasteiger partial charge on any atom is -0.504 e. The van der Waals surface area contributed by atoms with Gasteiger partial charge in [0, 0.05) is 18.5 Å². The van der Waals surface area contributed by atoms with Gasteiger partial charge in [-0.3, -0.25) is 0 Å². The molecule has 0 saturated heterocycles. The number of benzene rings is 1. The van der Waals surface area contributed by atoms with Crippen LogP contribution in [0.5, 0.6) is 11.5 Å². The number of ether oxygens (including phenoxy) is 1. The average molecular weight is 314 g/mol. The third kappa shape index (κ3) is 3.12. The lowest BCUT2D eigenvalue weighted by Crippen LogP contribution is -2.36. The van der Waals surface area contributed by atoms with Crippen LogP contribution in [0.15, 0.2) is 12.1 Å².